The van der Waals surface area contributed by atoms with Crippen LogP contribution in [0.3, 0.4) is 0 Å². The first-order chi connectivity index (χ1) is 8.69. The van der Waals surface area contributed by atoms with Crippen LogP contribution in [-0.4, -0.2) is 43.5 Å². The molecule has 0 aliphatic rings. The topological polar surface area (TPSA) is 135 Å². The number of ether oxygens (including phenoxy) is 3. The number of hydrogen-bond donors (Lipinski definition) is 2. The molecule has 1 aromatic heterocycles. The molecule has 4 N–H and O–H groups in total. The lowest BCUT2D eigenvalue weighted by molar-refractivity contribution is 0.0538. The summed E-state index contributed by atoms with van der Waals surface area (Å²) in [6.45, 7) is 1.44. The number of rotatable bonds is 8. The second-order valence-corrected chi connectivity index (χ2v) is 3.17. The van der Waals surface area contributed by atoms with E-state index in [0.29, 0.717) is 19.8 Å². The number of hydrogen-bond acceptors (Lipinski definition) is 9. The van der Waals surface area contributed by atoms with Gasteiger partial charge in [0, 0.05) is 7.11 Å². The van der Waals surface area contributed by atoms with Crippen LogP contribution >= 0.6 is 0 Å². The van der Waals surface area contributed by atoms with Gasteiger partial charge in [-0.2, -0.15) is 9.97 Å². The zero-order chi connectivity index (χ0) is 13.4. The Hall–Kier alpha value is -2.00. The van der Waals surface area contributed by atoms with E-state index in [-0.39, 0.29) is 29.9 Å². The number of nitrogens with two attached hydrogens (primary N) is 2. The maximum absolute atomic E-state index is 10.6. The van der Waals surface area contributed by atoms with Crippen LogP contribution in [0.2, 0.25) is 0 Å². The zero-order valence-electron chi connectivity index (χ0n) is 9.96. The molecule has 0 bridgehead atoms. The first-order valence-corrected chi connectivity index (χ1v) is 5.15. The monoisotopic (exact) mass is 257 g/mol. The minimum atomic E-state index is -0.166. The fraction of sp³-hybridized carbons (Fsp3) is 0.556. The molecule has 1 heterocycles. The second-order valence-electron chi connectivity index (χ2n) is 3.17. The molecule has 0 atom stereocenters. The van der Waals surface area contributed by atoms with Crippen LogP contribution < -0.4 is 16.2 Å². The van der Waals surface area contributed by atoms with Gasteiger partial charge < -0.3 is 25.7 Å². The highest BCUT2D eigenvalue weighted by molar-refractivity contribution is 5.65. The van der Waals surface area contributed by atoms with E-state index in [0.717, 1.165) is 0 Å². The normalized spacial score (nSPS) is 10.3. The Kier molecular flexibility index (Phi) is 5.74. The molecular weight excluding hydrogens is 242 g/mol. The van der Waals surface area contributed by atoms with Gasteiger partial charge >= 0.3 is 0 Å². The standard InChI is InChI=1S/C9H15N5O4/c1-16-2-3-17-4-5-18-8-6(14-15)7(10)12-9(11)13-8/h2-5H2,1H3,(H4,10,11,12,13). The number of nitroso groups, excluding NO2 is 1. The summed E-state index contributed by atoms with van der Waals surface area (Å²) in [6.07, 6.45) is 0. The molecule has 0 aliphatic heterocycles. The van der Waals surface area contributed by atoms with Crippen LogP contribution in [0.1, 0.15) is 0 Å². The number of nitrogens with zero attached hydrogens (tertiary/aromatic N) is 3. The van der Waals surface area contributed by atoms with Crippen LogP contribution in [0.4, 0.5) is 17.5 Å². The van der Waals surface area contributed by atoms with Crippen molar-refractivity contribution in [1.82, 2.24) is 9.97 Å². The van der Waals surface area contributed by atoms with Crippen molar-refractivity contribution in [3.8, 4) is 5.88 Å². The lowest BCUT2D eigenvalue weighted by Gasteiger charge is -2.08. The Labute approximate surface area is 103 Å². The smallest absolute Gasteiger partial charge is 0.250 e. The van der Waals surface area contributed by atoms with E-state index in [9.17, 15) is 4.91 Å². The maximum atomic E-state index is 10.6. The quantitative estimate of drug-likeness (QED) is 0.493. The van der Waals surface area contributed by atoms with Crippen LogP contribution in [0, 0.1) is 4.91 Å². The molecule has 0 spiro atoms. The molecule has 0 saturated heterocycles. The summed E-state index contributed by atoms with van der Waals surface area (Å²) in [6, 6.07) is 0. The molecular formula is C9H15N5O4. The summed E-state index contributed by atoms with van der Waals surface area (Å²) in [7, 11) is 1.58. The lowest BCUT2D eigenvalue weighted by atomic mass is 10.4. The number of methoxy groups -OCH3 is 1. The molecule has 0 aliphatic carbocycles. The fourth-order valence-corrected chi connectivity index (χ4v) is 1.10. The van der Waals surface area contributed by atoms with Gasteiger partial charge in [-0.05, 0) is 5.18 Å². The Bertz CT molecular complexity index is 401. The van der Waals surface area contributed by atoms with E-state index in [1.807, 2.05) is 0 Å². The van der Waals surface area contributed by atoms with E-state index in [2.05, 4.69) is 15.1 Å². The molecule has 0 aromatic carbocycles. The average Bonchev–Trinajstić information content (AvgIpc) is 2.33. The van der Waals surface area contributed by atoms with Crippen molar-refractivity contribution in [3.05, 3.63) is 4.91 Å². The summed E-state index contributed by atoms with van der Waals surface area (Å²) in [5.74, 6) is -0.256. The van der Waals surface area contributed by atoms with Crippen LogP contribution in [0.25, 0.3) is 0 Å². The first-order valence-electron chi connectivity index (χ1n) is 5.15. The summed E-state index contributed by atoms with van der Waals surface area (Å²) >= 11 is 0. The number of nitrogen functional groups attached to an aromatic ring is 2. The van der Waals surface area contributed by atoms with Gasteiger partial charge in [0.15, 0.2) is 5.82 Å². The number of aromatic nitrogens is 2. The summed E-state index contributed by atoms with van der Waals surface area (Å²) < 4.78 is 15.2. The van der Waals surface area contributed by atoms with Crippen molar-refractivity contribution in [2.24, 2.45) is 5.18 Å². The molecule has 1 rings (SSSR count). The summed E-state index contributed by atoms with van der Waals surface area (Å²) in [5, 5.41) is 2.70. The van der Waals surface area contributed by atoms with Gasteiger partial charge in [0.1, 0.15) is 6.61 Å². The number of anilines is 2. The minimum Gasteiger partial charge on any atom is -0.473 e. The molecule has 0 amide bonds. The summed E-state index contributed by atoms with van der Waals surface area (Å²) in [5.41, 5.74) is 10.7. The predicted molar refractivity (Wildman–Crippen MR) is 64.5 cm³/mol. The van der Waals surface area contributed by atoms with Crippen molar-refractivity contribution in [2.75, 3.05) is 45.0 Å². The Morgan fingerprint density at radius 2 is 1.89 bits per heavy atom. The minimum absolute atomic E-state index is 0.0506. The molecule has 0 saturated carbocycles. The van der Waals surface area contributed by atoms with Crippen molar-refractivity contribution < 1.29 is 14.2 Å². The summed E-state index contributed by atoms with van der Waals surface area (Å²) in [4.78, 5) is 17.9. The lowest BCUT2D eigenvalue weighted by Crippen LogP contribution is -2.11. The third-order valence-electron chi connectivity index (χ3n) is 1.89. The van der Waals surface area contributed by atoms with Gasteiger partial charge in [0.2, 0.25) is 11.6 Å². The van der Waals surface area contributed by atoms with Crippen LogP contribution in [-0.2, 0) is 9.47 Å². The first kappa shape index (κ1) is 14.1. The highest BCUT2D eigenvalue weighted by atomic mass is 16.5. The highest BCUT2D eigenvalue weighted by Gasteiger charge is 2.13. The molecule has 0 radical (unpaired) electrons. The van der Waals surface area contributed by atoms with Crippen LogP contribution in [0.5, 0.6) is 5.88 Å². The second kappa shape index (κ2) is 7.35. The maximum Gasteiger partial charge on any atom is 0.250 e. The zero-order valence-corrected chi connectivity index (χ0v) is 9.96. The molecule has 9 heteroatoms. The fourth-order valence-electron chi connectivity index (χ4n) is 1.10. The van der Waals surface area contributed by atoms with Crippen molar-refractivity contribution in [2.45, 2.75) is 0 Å². The molecule has 18 heavy (non-hydrogen) atoms. The Balaban J connectivity index is 2.48. The van der Waals surface area contributed by atoms with E-state index in [4.69, 9.17) is 25.7 Å². The van der Waals surface area contributed by atoms with Gasteiger partial charge in [-0.15, -0.1) is 4.91 Å². The van der Waals surface area contributed by atoms with Gasteiger partial charge in [-0.1, -0.05) is 0 Å². The Morgan fingerprint density at radius 3 is 2.56 bits per heavy atom. The molecule has 1 aromatic rings. The third-order valence-corrected chi connectivity index (χ3v) is 1.89. The van der Waals surface area contributed by atoms with Crippen molar-refractivity contribution in [1.29, 1.82) is 0 Å². The van der Waals surface area contributed by atoms with Gasteiger partial charge in [-0.25, -0.2) is 0 Å². The van der Waals surface area contributed by atoms with Crippen molar-refractivity contribution >= 4 is 17.5 Å². The highest BCUT2D eigenvalue weighted by Crippen LogP contribution is 2.30. The molecule has 0 unspecified atom stereocenters. The molecule has 100 valence electrons. The van der Waals surface area contributed by atoms with Gasteiger partial charge in [0.05, 0.1) is 19.8 Å². The average molecular weight is 257 g/mol. The predicted octanol–water partition coefficient (Wildman–Crippen LogP) is 0.0807. The van der Waals surface area contributed by atoms with Crippen molar-refractivity contribution in [3.63, 3.8) is 0 Å². The van der Waals surface area contributed by atoms with Gasteiger partial charge in [-0.3, -0.25) is 0 Å². The van der Waals surface area contributed by atoms with Gasteiger partial charge in [0.25, 0.3) is 5.88 Å². The molecule has 0 fully saturated rings. The SMILES string of the molecule is COCCOCCOc1nc(N)nc(N)c1N=O. The van der Waals surface area contributed by atoms with E-state index >= 15 is 0 Å². The van der Waals surface area contributed by atoms with E-state index < -0.39 is 0 Å². The van der Waals surface area contributed by atoms with E-state index in [1.165, 1.54) is 0 Å². The Morgan fingerprint density at radius 1 is 1.17 bits per heavy atom. The third kappa shape index (κ3) is 4.11. The van der Waals surface area contributed by atoms with E-state index in [1.54, 1.807) is 7.11 Å². The largest absolute Gasteiger partial charge is 0.473 e. The van der Waals surface area contributed by atoms with Crippen LogP contribution in [0.15, 0.2) is 5.18 Å². The molecule has 9 nitrogen and oxygen atoms in total.